The standard InChI is InChI=1S/C26H26N2O3S/c1-18-24(17-25(29)27-14-15-31-22-12-10-21(30-2)11-13-22)32-26(28-18)16-20-8-5-7-19-6-3-4-9-23(19)20/h3-13H,14-17H2,1-2H3,(H,27,29). The molecule has 0 atom stereocenters. The molecule has 0 aliphatic heterocycles. The summed E-state index contributed by atoms with van der Waals surface area (Å²) in [5, 5.41) is 6.44. The number of nitrogens with zero attached hydrogens (tertiary/aromatic N) is 1. The number of aromatic nitrogens is 1. The summed E-state index contributed by atoms with van der Waals surface area (Å²) in [6, 6.07) is 22.1. The van der Waals surface area contributed by atoms with Crippen LogP contribution in [0.2, 0.25) is 0 Å². The summed E-state index contributed by atoms with van der Waals surface area (Å²) in [4.78, 5) is 18.1. The van der Waals surface area contributed by atoms with E-state index in [0.29, 0.717) is 19.6 Å². The van der Waals surface area contributed by atoms with E-state index in [0.717, 1.165) is 33.5 Å². The normalized spacial score (nSPS) is 10.8. The number of rotatable bonds is 9. The molecule has 0 aliphatic rings. The fraction of sp³-hybridized carbons (Fsp3) is 0.231. The Hall–Kier alpha value is -3.38. The average Bonchev–Trinajstić information content (AvgIpc) is 3.15. The van der Waals surface area contributed by atoms with E-state index in [9.17, 15) is 4.79 Å². The SMILES string of the molecule is COc1ccc(OCCNC(=O)Cc2sc(Cc3cccc4ccccc34)nc2C)cc1. The maximum atomic E-state index is 12.4. The summed E-state index contributed by atoms with van der Waals surface area (Å²) in [6.45, 7) is 2.83. The Morgan fingerprint density at radius 1 is 1.00 bits per heavy atom. The minimum Gasteiger partial charge on any atom is -0.497 e. The number of amides is 1. The van der Waals surface area contributed by atoms with Gasteiger partial charge in [0.25, 0.3) is 0 Å². The molecule has 0 unspecified atom stereocenters. The minimum absolute atomic E-state index is 0.0215. The van der Waals surface area contributed by atoms with Crippen LogP contribution >= 0.6 is 11.3 Å². The molecule has 0 fully saturated rings. The molecule has 0 spiro atoms. The molecular formula is C26H26N2O3S. The van der Waals surface area contributed by atoms with Crippen LogP contribution in [0, 0.1) is 6.92 Å². The van der Waals surface area contributed by atoms with E-state index in [-0.39, 0.29) is 5.91 Å². The summed E-state index contributed by atoms with van der Waals surface area (Å²) in [5.41, 5.74) is 2.18. The fourth-order valence-electron chi connectivity index (χ4n) is 3.58. The molecule has 1 heterocycles. The Labute approximate surface area is 192 Å². The third kappa shape index (κ3) is 5.45. The second-order valence-corrected chi connectivity index (χ2v) is 8.65. The van der Waals surface area contributed by atoms with Crippen LogP contribution in [0.25, 0.3) is 10.8 Å². The molecular weight excluding hydrogens is 420 g/mol. The van der Waals surface area contributed by atoms with Crippen LogP contribution in [0.4, 0.5) is 0 Å². The zero-order valence-corrected chi connectivity index (χ0v) is 19.1. The minimum atomic E-state index is -0.0215. The Balaban J connectivity index is 1.29. The van der Waals surface area contributed by atoms with Gasteiger partial charge in [0.1, 0.15) is 18.1 Å². The quantitative estimate of drug-likeness (QED) is 0.370. The first-order valence-electron chi connectivity index (χ1n) is 10.6. The predicted octanol–water partition coefficient (Wildman–Crippen LogP) is 4.94. The Kier molecular flexibility index (Phi) is 7.02. The van der Waals surface area contributed by atoms with Crippen molar-refractivity contribution < 1.29 is 14.3 Å². The lowest BCUT2D eigenvalue weighted by Gasteiger charge is -2.08. The third-order valence-electron chi connectivity index (χ3n) is 5.23. The lowest BCUT2D eigenvalue weighted by molar-refractivity contribution is -0.120. The number of benzene rings is 3. The predicted molar refractivity (Wildman–Crippen MR) is 129 cm³/mol. The highest BCUT2D eigenvalue weighted by molar-refractivity contribution is 7.11. The van der Waals surface area contributed by atoms with Crippen molar-refractivity contribution in [2.75, 3.05) is 20.3 Å². The van der Waals surface area contributed by atoms with Gasteiger partial charge in [-0.15, -0.1) is 11.3 Å². The molecule has 4 rings (SSSR count). The number of carbonyl (C=O) groups excluding carboxylic acids is 1. The van der Waals surface area contributed by atoms with Gasteiger partial charge in [0.05, 0.1) is 30.8 Å². The Bertz CT molecular complexity index is 1200. The van der Waals surface area contributed by atoms with Crippen molar-refractivity contribution >= 4 is 28.0 Å². The van der Waals surface area contributed by atoms with Crippen LogP contribution in [-0.2, 0) is 17.6 Å². The van der Waals surface area contributed by atoms with Gasteiger partial charge in [-0.1, -0.05) is 42.5 Å². The van der Waals surface area contributed by atoms with E-state index in [2.05, 4.69) is 47.8 Å². The number of methoxy groups -OCH3 is 1. The van der Waals surface area contributed by atoms with Gasteiger partial charge < -0.3 is 14.8 Å². The van der Waals surface area contributed by atoms with E-state index in [1.165, 1.54) is 16.3 Å². The first kappa shape index (κ1) is 21.8. The summed E-state index contributed by atoms with van der Waals surface area (Å²) >= 11 is 1.62. The van der Waals surface area contributed by atoms with Crippen LogP contribution in [0.3, 0.4) is 0 Å². The van der Waals surface area contributed by atoms with Crippen molar-refractivity contribution in [2.45, 2.75) is 19.8 Å². The topological polar surface area (TPSA) is 60.5 Å². The number of hydrogen-bond donors (Lipinski definition) is 1. The van der Waals surface area contributed by atoms with Crippen LogP contribution in [0.1, 0.15) is 21.1 Å². The zero-order chi connectivity index (χ0) is 22.3. The van der Waals surface area contributed by atoms with Crippen LogP contribution in [0.15, 0.2) is 66.7 Å². The number of nitrogens with one attached hydrogen (secondary N) is 1. The number of carbonyl (C=O) groups is 1. The molecule has 1 N–H and O–H groups in total. The lowest BCUT2D eigenvalue weighted by Crippen LogP contribution is -2.29. The largest absolute Gasteiger partial charge is 0.497 e. The summed E-state index contributed by atoms with van der Waals surface area (Å²) in [5.74, 6) is 1.51. The summed E-state index contributed by atoms with van der Waals surface area (Å²) in [7, 11) is 1.63. The van der Waals surface area contributed by atoms with Gasteiger partial charge in [0, 0.05) is 11.3 Å². The van der Waals surface area contributed by atoms with Crippen molar-refractivity contribution in [1.29, 1.82) is 0 Å². The van der Waals surface area contributed by atoms with Crippen LogP contribution in [0.5, 0.6) is 11.5 Å². The number of ether oxygens (including phenoxy) is 2. The highest BCUT2D eigenvalue weighted by Gasteiger charge is 2.13. The monoisotopic (exact) mass is 446 g/mol. The summed E-state index contributed by atoms with van der Waals surface area (Å²) in [6.07, 6.45) is 1.10. The van der Waals surface area contributed by atoms with Crippen LogP contribution < -0.4 is 14.8 Å². The number of hydrogen-bond acceptors (Lipinski definition) is 5. The molecule has 1 amide bonds. The second kappa shape index (κ2) is 10.3. The van der Waals surface area contributed by atoms with E-state index >= 15 is 0 Å². The van der Waals surface area contributed by atoms with Crippen molar-refractivity contribution in [1.82, 2.24) is 10.3 Å². The van der Waals surface area contributed by atoms with E-state index in [4.69, 9.17) is 14.5 Å². The first-order valence-corrected chi connectivity index (χ1v) is 11.4. The first-order chi connectivity index (χ1) is 15.6. The molecule has 5 nitrogen and oxygen atoms in total. The van der Waals surface area contributed by atoms with Gasteiger partial charge >= 0.3 is 0 Å². The molecule has 0 saturated carbocycles. The number of aryl methyl sites for hydroxylation is 1. The molecule has 4 aromatic rings. The van der Waals surface area contributed by atoms with Crippen molar-refractivity contribution in [3.8, 4) is 11.5 Å². The average molecular weight is 447 g/mol. The van der Waals surface area contributed by atoms with Crippen LogP contribution in [-0.4, -0.2) is 31.2 Å². The molecule has 1 aromatic heterocycles. The van der Waals surface area contributed by atoms with E-state index < -0.39 is 0 Å². The second-order valence-electron chi connectivity index (χ2n) is 7.48. The molecule has 3 aromatic carbocycles. The maximum absolute atomic E-state index is 12.4. The van der Waals surface area contributed by atoms with Gasteiger partial charge in [0.2, 0.25) is 5.91 Å². The number of thiazole rings is 1. The molecule has 164 valence electrons. The van der Waals surface area contributed by atoms with Crippen molar-refractivity contribution in [3.05, 3.63) is 87.9 Å². The van der Waals surface area contributed by atoms with Crippen molar-refractivity contribution in [3.63, 3.8) is 0 Å². The van der Waals surface area contributed by atoms with E-state index in [1.54, 1.807) is 18.4 Å². The summed E-state index contributed by atoms with van der Waals surface area (Å²) < 4.78 is 10.8. The lowest BCUT2D eigenvalue weighted by atomic mass is 10.0. The van der Waals surface area contributed by atoms with Gasteiger partial charge in [-0.2, -0.15) is 0 Å². The Morgan fingerprint density at radius 3 is 2.56 bits per heavy atom. The van der Waals surface area contributed by atoms with Gasteiger partial charge in [-0.25, -0.2) is 4.98 Å². The zero-order valence-electron chi connectivity index (χ0n) is 18.3. The highest BCUT2D eigenvalue weighted by atomic mass is 32.1. The van der Waals surface area contributed by atoms with E-state index in [1.807, 2.05) is 31.2 Å². The molecule has 0 aliphatic carbocycles. The van der Waals surface area contributed by atoms with Gasteiger partial charge in [0.15, 0.2) is 0 Å². The molecule has 6 heteroatoms. The smallest absolute Gasteiger partial charge is 0.225 e. The van der Waals surface area contributed by atoms with Crippen molar-refractivity contribution in [2.24, 2.45) is 0 Å². The Morgan fingerprint density at radius 2 is 1.75 bits per heavy atom. The molecule has 0 radical (unpaired) electrons. The third-order valence-corrected chi connectivity index (χ3v) is 6.39. The molecule has 32 heavy (non-hydrogen) atoms. The number of fused-ring (bicyclic) bond motifs is 1. The maximum Gasteiger partial charge on any atom is 0.225 e. The fourth-order valence-corrected chi connectivity index (χ4v) is 4.67. The molecule has 0 saturated heterocycles. The van der Waals surface area contributed by atoms with Gasteiger partial charge in [-0.3, -0.25) is 4.79 Å². The molecule has 0 bridgehead atoms. The highest BCUT2D eigenvalue weighted by Crippen LogP contribution is 2.25. The van der Waals surface area contributed by atoms with Gasteiger partial charge in [-0.05, 0) is 47.5 Å².